The van der Waals surface area contributed by atoms with Crippen molar-refractivity contribution in [1.29, 1.82) is 0 Å². The minimum atomic E-state index is -2.85. The molecule has 1 heterocycles. The molecule has 2 rings (SSSR count). The molecular weight excluding hydrogens is 256 g/mol. The Morgan fingerprint density at radius 1 is 1.17 bits per heavy atom. The molecule has 0 spiro atoms. The normalized spacial score (nSPS) is 12.7. The lowest BCUT2D eigenvalue weighted by Crippen LogP contribution is -2.14. The van der Waals surface area contributed by atoms with Gasteiger partial charge in [0.25, 0.3) is 0 Å². The minimum Gasteiger partial charge on any atom is -0.434 e. The van der Waals surface area contributed by atoms with Crippen molar-refractivity contribution in [3.05, 3.63) is 51.7 Å². The van der Waals surface area contributed by atoms with Crippen LogP contribution in [0.25, 0.3) is 0 Å². The maximum Gasteiger partial charge on any atom is 0.387 e. The van der Waals surface area contributed by atoms with E-state index in [1.807, 2.05) is 18.4 Å². The summed E-state index contributed by atoms with van der Waals surface area (Å²) >= 11 is 1.58. The van der Waals surface area contributed by atoms with Crippen LogP contribution >= 0.6 is 11.3 Å². The summed E-state index contributed by atoms with van der Waals surface area (Å²) in [5.41, 5.74) is 7.62. The summed E-state index contributed by atoms with van der Waals surface area (Å²) in [4.78, 5) is 1.08. The lowest BCUT2D eigenvalue weighted by Gasteiger charge is -2.16. The first-order valence-electron chi connectivity index (χ1n) is 5.43. The molecule has 2 N–H and O–H groups in total. The molecule has 0 aliphatic rings. The molecule has 0 bridgehead atoms. The molecule has 0 saturated carbocycles. The predicted octanol–water partition coefficient (Wildman–Crippen LogP) is 3.71. The van der Waals surface area contributed by atoms with Crippen molar-refractivity contribution in [2.45, 2.75) is 19.6 Å². The number of hydrogen-bond acceptors (Lipinski definition) is 3. The average Bonchev–Trinajstić information content (AvgIpc) is 2.74. The van der Waals surface area contributed by atoms with E-state index >= 15 is 0 Å². The summed E-state index contributed by atoms with van der Waals surface area (Å²) in [6.07, 6.45) is 0. The van der Waals surface area contributed by atoms with E-state index in [-0.39, 0.29) is 5.75 Å². The van der Waals surface area contributed by atoms with Crippen LogP contribution in [0.5, 0.6) is 5.75 Å². The molecule has 1 unspecified atom stereocenters. The summed E-state index contributed by atoms with van der Waals surface area (Å²) < 4.78 is 29.1. The number of ether oxygens (including phenoxy) is 1. The largest absolute Gasteiger partial charge is 0.434 e. The zero-order chi connectivity index (χ0) is 13.1. The molecule has 1 atom stereocenters. The van der Waals surface area contributed by atoms with Gasteiger partial charge in [0.1, 0.15) is 5.75 Å². The third-order valence-electron chi connectivity index (χ3n) is 2.70. The van der Waals surface area contributed by atoms with Gasteiger partial charge >= 0.3 is 6.61 Å². The number of aryl methyl sites for hydroxylation is 1. The number of para-hydroxylation sites is 1. The highest BCUT2D eigenvalue weighted by Crippen LogP contribution is 2.32. The van der Waals surface area contributed by atoms with Crippen molar-refractivity contribution >= 4 is 11.3 Å². The summed E-state index contributed by atoms with van der Waals surface area (Å²) in [7, 11) is 0. The van der Waals surface area contributed by atoms with E-state index in [1.54, 1.807) is 29.5 Å². The molecule has 1 aromatic heterocycles. The molecule has 18 heavy (non-hydrogen) atoms. The Morgan fingerprint density at radius 2 is 1.89 bits per heavy atom. The number of alkyl halides is 2. The van der Waals surface area contributed by atoms with Gasteiger partial charge in [-0.3, -0.25) is 0 Å². The molecule has 0 radical (unpaired) electrons. The number of benzene rings is 1. The van der Waals surface area contributed by atoms with E-state index in [0.29, 0.717) is 5.56 Å². The zero-order valence-electron chi connectivity index (χ0n) is 9.77. The number of rotatable bonds is 4. The fourth-order valence-corrected chi connectivity index (χ4v) is 2.58. The fraction of sp³-hybridized carbons (Fsp3) is 0.231. The highest BCUT2D eigenvalue weighted by Gasteiger charge is 2.18. The maximum absolute atomic E-state index is 12.3. The van der Waals surface area contributed by atoms with Gasteiger partial charge in [0.05, 0.1) is 6.04 Å². The molecule has 0 aliphatic carbocycles. The Bertz CT molecular complexity index is 527. The van der Waals surface area contributed by atoms with E-state index in [0.717, 1.165) is 10.4 Å². The highest BCUT2D eigenvalue weighted by molar-refractivity contribution is 7.10. The number of nitrogens with two attached hydrogens (primary N) is 1. The highest BCUT2D eigenvalue weighted by atomic mass is 32.1. The van der Waals surface area contributed by atoms with Gasteiger partial charge in [0.2, 0.25) is 0 Å². The van der Waals surface area contributed by atoms with Gasteiger partial charge in [-0.05, 0) is 30.0 Å². The number of thiophene rings is 1. The lowest BCUT2D eigenvalue weighted by atomic mass is 9.99. The van der Waals surface area contributed by atoms with Gasteiger partial charge in [-0.2, -0.15) is 8.78 Å². The van der Waals surface area contributed by atoms with Crippen LogP contribution in [0.3, 0.4) is 0 Å². The van der Waals surface area contributed by atoms with E-state index < -0.39 is 12.7 Å². The van der Waals surface area contributed by atoms with Crippen LogP contribution in [0.1, 0.15) is 22.0 Å². The minimum absolute atomic E-state index is 0.130. The zero-order valence-corrected chi connectivity index (χ0v) is 10.6. The molecule has 2 aromatic rings. The van der Waals surface area contributed by atoms with Crippen molar-refractivity contribution in [3.8, 4) is 5.75 Å². The van der Waals surface area contributed by atoms with E-state index in [9.17, 15) is 8.78 Å². The first-order chi connectivity index (χ1) is 8.59. The van der Waals surface area contributed by atoms with Gasteiger partial charge in [0.15, 0.2) is 0 Å². The molecule has 0 aliphatic heterocycles. The Labute approximate surface area is 108 Å². The Morgan fingerprint density at radius 3 is 2.50 bits per heavy atom. The molecular formula is C13H13F2NOS. The summed E-state index contributed by atoms with van der Waals surface area (Å²) in [6.45, 7) is -0.891. The van der Waals surface area contributed by atoms with Crippen molar-refractivity contribution in [3.63, 3.8) is 0 Å². The number of halogens is 2. The second-order valence-corrected chi connectivity index (χ2v) is 4.95. The van der Waals surface area contributed by atoms with Crippen LogP contribution in [0, 0.1) is 6.92 Å². The lowest BCUT2D eigenvalue weighted by molar-refractivity contribution is -0.0505. The van der Waals surface area contributed by atoms with Crippen LogP contribution in [0.4, 0.5) is 8.78 Å². The van der Waals surface area contributed by atoms with Crippen LogP contribution in [0.15, 0.2) is 35.7 Å². The van der Waals surface area contributed by atoms with Crippen molar-refractivity contribution in [2.24, 2.45) is 5.73 Å². The first-order valence-corrected chi connectivity index (χ1v) is 6.31. The van der Waals surface area contributed by atoms with E-state index in [1.165, 1.54) is 6.07 Å². The van der Waals surface area contributed by atoms with Gasteiger partial charge in [-0.15, -0.1) is 11.3 Å². The van der Waals surface area contributed by atoms with Gasteiger partial charge in [0, 0.05) is 10.4 Å². The molecule has 5 heteroatoms. The molecule has 2 nitrogen and oxygen atoms in total. The Balaban J connectivity index is 2.36. The second-order valence-electron chi connectivity index (χ2n) is 3.83. The van der Waals surface area contributed by atoms with E-state index in [4.69, 9.17) is 5.73 Å². The van der Waals surface area contributed by atoms with Crippen LogP contribution in [0.2, 0.25) is 0 Å². The Kier molecular flexibility index (Phi) is 3.93. The first kappa shape index (κ1) is 13.0. The third kappa shape index (κ3) is 2.68. The Hall–Kier alpha value is -1.46. The summed E-state index contributed by atoms with van der Waals surface area (Å²) in [5.74, 6) is 0.130. The van der Waals surface area contributed by atoms with Gasteiger partial charge < -0.3 is 10.5 Å². The van der Waals surface area contributed by atoms with Crippen LogP contribution in [-0.2, 0) is 0 Å². The van der Waals surface area contributed by atoms with Crippen LogP contribution < -0.4 is 10.5 Å². The molecule has 0 saturated heterocycles. The van der Waals surface area contributed by atoms with Gasteiger partial charge in [-0.1, -0.05) is 18.2 Å². The quantitative estimate of drug-likeness (QED) is 0.918. The maximum atomic E-state index is 12.3. The molecule has 96 valence electrons. The van der Waals surface area contributed by atoms with Crippen molar-refractivity contribution in [2.75, 3.05) is 0 Å². The topological polar surface area (TPSA) is 35.2 Å². The summed E-state index contributed by atoms with van der Waals surface area (Å²) in [5, 5.41) is 1.93. The van der Waals surface area contributed by atoms with Gasteiger partial charge in [-0.25, -0.2) is 0 Å². The number of hydrogen-bond donors (Lipinski definition) is 1. The van der Waals surface area contributed by atoms with Crippen LogP contribution in [-0.4, -0.2) is 6.61 Å². The van der Waals surface area contributed by atoms with E-state index in [2.05, 4.69) is 4.74 Å². The fourth-order valence-electron chi connectivity index (χ4n) is 1.83. The molecule has 0 fully saturated rings. The van der Waals surface area contributed by atoms with Crippen molar-refractivity contribution in [1.82, 2.24) is 0 Å². The predicted molar refractivity (Wildman–Crippen MR) is 68.2 cm³/mol. The van der Waals surface area contributed by atoms with Crippen molar-refractivity contribution < 1.29 is 13.5 Å². The monoisotopic (exact) mass is 269 g/mol. The molecule has 1 aromatic carbocycles. The third-order valence-corrected chi connectivity index (χ3v) is 3.57. The standard InChI is InChI=1S/C13H13F2NOS/c1-8-9(6-7-18-8)12(16)10-4-2-3-5-11(10)17-13(14)15/h2-7,12-13H,16H2,1H3. The SMILES string of the molecule is Cc1sccc1C(N)c1ccccc1OC(F)F. The smallest absolute Gasteiger partial charge is 0.387 e. The molecule has 0 amide bonds. The average molecular weight is 269 g/mol. The summed E-state index contributed by atoms with van der Waals surface area (Å²) in [6, 6.07) is 8.07. The second kappa shape index (κ2) is 5.46.